The van der Waals surface area contributed by atoms with Crippen molar-refractivity contribution in [2.75, 3.05) is 0 Å². The average molecular weight is 280 g/mol. The van der Waals surface area contributed by atoms with Gasteiger partial charge in [0, 0.05) is 12.1 Å². The smallest absolute Gasteiger partial charge is 0.271 e. The molecular weight excluding hydrogens is 274 g/mol. The predicted molar refractivity (Wildman–Crippen MR) is 58.0 cm³/mol. The Kier molecular flexibility index (Phi) is 3.36. The molecule has 0 bridgehead atoms. The number of nitro benzene ring substituents is 1. The number of primary amides is 1. The van der Waals surface area contributed by atoms with Crippen molar-refractivity contribution in [3.63, 3.8) is 0 Å². The monoisotopic (exact) mass is 279 g/mol. The summed E-state index contributed by atoms with van der Waals surface area (Å²) in [5, 5.41) is 14.8. The molecule has 17 heavy (non-hydrogen) atoms. The highest BCUT2D eigenvalue weighted by molar-refractivity contribution is 7.89. The summed E-state index contributed by atoms with van der Waals surface area (Å²) in [6.07, 6.45) is 0. The number of benzene rings is 1. The highest BCUT2D eigenvalue weighted by Gasteiger charge is 2.24. The first-order valence-electron chi connectivity index (χ1n) is 3.95. The van der Waals surface area contributed by atoms with Gasteiger partial charge in [-0.3, -0.25) is 14.9 Å². The molecule has 0 radical (unpaired) electrons. The van der Waals surface area contributed by atoms with Crippen LogP contribution in [0.2, 0.25) is 5.02 Å². The average Bonchev–Trinajstić information content (AvgIpc) is 2.15. The topological polar surface area (TPSA) is 146 Å². The minimum absolute atomic E-state index is 0.482. The van der Waals surface area contributed by atoms with E-state index in [1.54, 1.807) is 0 Å². The highest BCUT2D eigenvalue weighted by Crippen LogP contribution is 2.29. The van der Waals surface area contributed by atoms with Gasteiger partial charge in [0.2, 0.25) is 10.0 Å². The van der Waals surface area contributed by atoms with Gasteiger partial charge in [-0.2, -0.15) is 0 Å². The van der Waals surface area contributed by atoms with Crippen LogP contribution >= 0.6 is 11.6 Å². The van der Waals surface area contributed by atoms with Crippen LogP contribution in [0.25, 0.3) is 0 Å². The van der Waals surface area contributed by atoms with Crippen molar-refractivity contribution in [1.82, 2.24) is 0 Å². The predicted octanol–water partition coefficient (Wildman–Crippen LogP) is -0.00550. The molecule has 0 aliphatic heterocycles. The van der Waals surface area contributed by atoms with Crippen LogP contribution in [0.4, 0.5) is 5.69 Å². The molecule has 0 aromatic heterocycles. The summed E-state index contributed by atoms with van der Waals surface area (Å²) in [6, 6.07) is 1.43. The fraction of sp³-hybridized carbons (Fsp3) is 0. The quantitative estimate of drug-likeness (QED) is 0.590. The SMILES string of the molecule is NC(=O)c1cc([N+](=O)[O-])cc(S(N)(=O)=O)c1Cl. The Bertz CT molecular complexity index is 612. The molecule has 0 aliphatic carbocycles. The number of primary sulfonamides is 1. The first-order valence-corrected chi connectivity index (χ1v) is 5.87. The number of carbonyl (C=O) groups is 1. The van der Waals surface area contributed by atoms with Crippen LogP contribution in [0.3, 0.4) is 0 Å². The standard InChI is InChI=1S/C7H6ClN3O5S/c8-6-4(7(9)12)1-3(11(13)14)2-5(6)17(10,15)16/h1-2H,(H2,9,12)(H2,10,15,16). The van der Waals surface area contributed by atoms with Crippen molar-refractivity contribution >= 4 is 33.2 Å². The molecule has 1 amide bonds. The van der Waals surface area contributed by atoms with E-state index in [0.717, 1.165) is 6.07 Å². The molecule has 8 nitrogen and oxygen atoms in total. The van der Waals surface area contributed by atoms with Gasteiger partial charge in [-0.05, 0) is 0 Å². The Morgan fingerprint density at radius 1 is 1.41 bits per heavy atom. The van der Waals surface area contributed by atoms with E-state index in [9.17, 15) is 23.3 Å². The Labute approximate surface area is 100 Å². The lowest BCUT2D eigenvalue weighted by Crippen LogP contribution is -2.17. The van der Waals surface area contributed by atoms with Crippen LogP contribution < -0.4 is 10.9 Å². The van der Waals surface area contributed by atoms with E-state index in [4.69, 9.17) is 22.5 Å². The molecule has 1 rings (SSSR count). The molecule has 0 heterocycles. The second-order valence-electron chi connectivity index (χ2n) is 2.97. The zero-order valence-electron chi connectivity index (χ0n) is 8.08. The molecule has 10 heteroatoms. The summed E-state index contributed by atoms with van der Waals surface area (Å²) in [5.74, 6) is -1.09. The first-order chi connectivity index (χ1) is 7.64. The number of non-ortho nitro benzene ring substituents is 1. The van der Waals surface area contributed by atoms with Crippen molar-refractivity contribution in [3.8, 4) is 0 Å². The fourth-order valence-electron chi connectivity index (χ4n) is 1.08. The maximum atomic E-state index is 11.1. The zero-order chi connectivity index (χ0) is 13.4. The summed E-state index contributed by atoms with van der Waals surface area (Å²) in [4.78, 5) is 19.9. The molecular formula is C7H6ClN3O5S. The van der Waals surface area contributed by atoms with Crippen LogP contribution in [0.1, 0.15) is 10.4 Å². The number of sulfonamides is 1. The first kappa shape index (κ1) is 13.4. The van der Waals surface area contributed by atoms with Crippen molar-refractivity contribution in [1.29, 1.82) is 0 Å². The van der Waals surface area contributed by atoms with E-state index in [-0.39, 0.29) is 0 Å². The lowest BCUT2D eigenvalue weighted by Gasteiger charge is -2.05. The highest BCUT2D eigenvalue weighted by atomic mass is 35.5. The maximum Gasteiger partial charge on any atom is 0.271 e. The van der Waals surface area contributed by atoms with E-state index < -0.39 is 42.0 Å². The second kappa shape index (κ2) is 4.28. The number of rotatable bonds is 3. The van der Waals surface area contributed by atoms with Crippen LogP contribution in [0.15, 0.2) is 17.0 Å². The van der Waals surface area contributed by atoms with Crippen molar-refractivity contribution in [3.05, 3.63) is 32.8 Å². The molecule has 0 aliphatic rings. The van der Waals surface area contributed by atoms with Gasteiger partial charge in [-0.1, -0.05) is 11.6 Å². The van der Waals surface area contributed by atoms with E-state index in [1.807, 2.05) is 0 Å². The van der Waals surface area contributed by atoms with Gasteiger partial charge < -0.3 is 5.73 Å². The minimum atomic E-state index is -4.29. The molecule has 92 valence electrons. The van der Waals surface area contributed by atoms with Gasteiger partial charge in [0.25, 0.3) is 11.6 Å². The third kappa shape index (κ3) is 2.70. The third-order valence-corrected chi connectivity index (χ3v) is 3.26. The van der Waals surface area contributed by atoms with Crippen LogP contribution in [0, 0.1) is 10.1 Å². The Morgan fingerprint density at radius 3 is 2.29 bits per heavy atom. The molecule has 0 saturated heterocycles. The molecule has 1 aromatic rings. The van der Waals surface area contributed by atoms with Gasteiger partial charge in [-0.25, -0.2) is 13.6 Å². The number of nitrogens with two attached hydrogens (primary N) is 2. The van der Waals surface area contributed by atoms with Crippen molar-refractivity contribution < 1.29 is 18.1 Å². The van der Waals surface area contributed by atoms with Crippen molar-refractivity contribution in [2.24, 2.45) is 10.9 Å². The number of carbonyl (C=O) groups excluding carboxylic acids is 1. The normalized spacial score (nSPS) is 11.2. The van der Waals surface area contributed by atoms with Gasteiger partial charge in [0.05, 0.1) is 15.5 Å². The number of hydrogen-bond acceptors (Lipinski definition) is 5. The Balaban J connectivity index is 3.73. The van der Waals surface area contributed by atoms with Gasteiger partial charge in [-0.15, -0.1) is 0 Å². The number of nitro groups is 1. The molecule has 0 atom stereocenters. The lowest BCUT2D eigenvalue weighted by molar-refractivity contribution is -0.385. The molecule has 1 aromatic carbocycles. The molecule has 0 unspecified atom stereocenters. The number of nitrogens with zero attached hydrogens (tertiary/aromatic N) is 1. The zero-order valence-corrected chi connectivity index (χ0v) is 9.66. The van der Waals surface area contributed by atoms with Crippen LogP contribution in [0.5, 0.6) is 0 Å². The maximum absolute atomic E-state index is 11.1. The summed E-state index contributed by atoms with van der Waals surface area (Å²) in [6.45, 7) is 0. The molecule has 4 N–H and O–H groups in total. The van der Waals surface area contributed by atoms with Crippen LogP contribution in [-0.4, -0.2) is 19.2 Å². The van der Waals surface area contributed by atoms with E-state index >= 15 is 0 Å². The minimum Gasteiger partial charge on any atom is -0.366 e. The van der Waals surface area contributed by atoms with E-state index in [0.29, 0.717) is 6.07 Å². The Morgan fingerprint density at radius 2 is 1.94 bits per heavy atom. The van der Waals surface area contributed by atoms with Gasteiger partial charge >= 0.3 is 0 Å². The Hall–Kier alpha value is -1.71. The lowest BCUT2D eigenvalue weighted by atomic mass is 10.2. The van der Waals surface area contributed by atoms with E-state index in [1.165, 1.54) is 0 Å². The summed E-state index contributed by atoms with van der Waals surface area (Å²) >= 11 is 5.58. The van der Waals surface area contributed by atoms with Gasteiger partial charge in [0.15, 0.2) is 0 Å². The summed E-state index contributed by atoms with van der Waals surface area (Å²) in [5.41, 5.74) is 3.79. The molecule has 0 fully saturated rings. The molecule has 0 spiro atoms. The number of amides is 1. The van der Waals surface area contributed by atoms with Crippen LogP contribution in [-0.2, 0) is 10.0 Å². The molecule has 0 saturated carbocycles. The summed E-state index contributed by atoms with van der Waals surface area (Å²) in [7, 11) is -4.29. The number of hydrogen-bond donors (Lipinski definition) is 2. The van der Waals surface area contributed by atoms with E-state index in [2.05, 4.69) is 0 Å². The largest absolute Gasteiger partial charge is 0.366 e. The number of halogens is 1. The van der Waals surface area contributed by atoms with Gasteiger partial charge in [0.1, 0.15) is 4.90 Å². The summed E-state index contributed by atoms with van der Waals surface area (Å²) < 4.78 is 22.2. The fourth-order valence-corrected chi connectivity index (χ4v) is 2.24. The van der Waals surface area contributed by atoms with Crippen molar-refractivity contribution in [2.45, 2.75) is 4.90 Å². The third-order valence-electron chi connectivity index (χ3n) is 1.81. The second-order valence-corrected chi connectivity index (χ2v) is 4.88.